The molecule has 0 saturated carbocycles. The van der Waals surface area contributed by atoms with Crippen LogP contribution < -0.4 is 15.8 Å². The highest BCUT2D eigenvalue weighted by Gasteiger charge is 2.18. The fourth-order valence-corrected chi connectivity index (χ4v) is 2.68. The molecular weight excluding hydrogens is 346 g/mol. The van der Waals surface area contributed by atoms with Crippen LogP contribution in [0.5, 0.6) is 5.75 Å². The summed E-state index contributed by atoms with van der Waals surface area (Å²) in [4.78, 5) is 28.1. The summed E-state index contributed by atoms with van der Waals surface area (Å²) in [5.41, 5.74) is 7.08. The van der Waals surface area contributed by atoms with Crippen LogP contribution in [0.15, 0.2) is 42.7 Å². The molecule has 2 amide bonds. The summed E-state index contributed by atoms with van der Waals surface area (Å²) in [6.07, 6.45) is 3.30. The van der Waals surface area contributed by atoms with Crippen molar-refractivity contribution in [2.24, 2.45) is 5.73 Å². The Morgan fingerprint density at radius 1 is 1.33 bits per heavy atom. The van der Waals surface area contributed by atoms with Gasteiger partial charge in [-0.1, -0.05) is 19.1 Å². The standard InChI is InChI=1S/C19H21N5O3/c1-3-13(27-14-6-4-5-12(2)9-14)10-22-19(26)16-7-8-21-18-15(17(20)25)11-23-24(16)18/h4-9,11,13H,3,10H2,1-2H3,(H2,20,25)(H,22,26). The van der Waals surface area contributed by atoms with Crippen molar-refractivity contribution in [2.45, 2.75) is 26.4 Å². The minimum absolute atomic E-state index is 0.166. The van der Waals surface area contributed by atoms with Crippen LogP contribution in [-0.2, 0) is 0 Å². The second-order valence-electron chi connectivity index (χ2n) is 6.16. The van der Waals surface area contributed by atoms with Crippen LogP contribution in [0.25, 0.3) is 5.65 Å². The maximum atomic E-state index is 12.6. The number of hydrogen-bond acceptors (Lipinski definition) is 5. The van der Waals surface area contributed by atoms with Crippen LogP contribution in [-0.4, -0.2) is 39.1 Å². The molecule has 8 nitrogen and oxygen atoms in total. The average Bonchev–Trinajstić information content (AvgIpc) is 3.09. The highest BCUT2D eigenvalue weighted by Crippen LogP contribution is 2.15. The number of aryl methyl sites for hydroxylation is 1. The Labute approximate surface area is 156 Å². The fourth-order valence-electron chi connectivity index (χ4n) is 2.68. The van der Waals surface area contributed by atoms with Crippen molar-refractivity contribution in [2.75, 3.05) is 6.54 Å². The van der Waals surface area contributed by atoms with E-state index in [1.54, 1.807) is 0 Å². The summed E-state index contributed by atoms with van der Waals surface area (Å²) in [5, 5.41) is 6.89. The van der Waals surface area contributed by atoms with Gasteiger partial charge in [-0.05, 0) is 37.1 Å². The minimum Gasteiger partial charge on any atom is -0.489 e. The van der Waals surface area contributed by atoms with Gasteiger partial charge in [-0.15, -0.1) is 0 Å². The normalized spacial score (nSPS) is 11.9. The maximum Gasteiger partial charge on any atom is 0.270 e. The van der Waals surface area contributed by atoms with E-state index in [2.05, 4.69) is 15.4 Å². The molecule has 0 bridgehead atoms. The van der Waals surface area contributed by atoms with Crippen molar-refractivity contribution in [1.82, 2.24) is 19.9 Å². The van der Waals surface area contributed by atoms with E-state index in [-0.39, 0.29) is 28.9 Å². The van der Waals surface area contributed by atoms with Crippen molar-refractivity contribution in [1.29, 1.82) is 0 Å². The van der Waals surface area contributed by atoms with Gasteiger partial charge in [-0.2, -0.15) is 5.10 Å². The summed E-state index contributed by atoms with van der Waals surface area (Å²) in [6, 6.07) is 9.29. The SMILES string of the molecule is CCC(CNC(=O)c1ccnc2c(C(N)=O)cnn12)Oc1cccc(C)c1. The van der Waals surface area contributed by atoms with E-state index in [4.69, 9.17) is 10.5 Å². The van der Waals surface area contributed by atoms with E-state index in [0.29, 0.717) is 6.54 Å². The van der Waals surface area contributed by atoms with Crippen LogP contribution in [0.2, 0.25) is 0 Å². The molecule has 3 N–H and O–H groups in total. The third-order valence-corrected chi connectivity index (χ3v) is 4.14. The molecule has 8 heteroatoms. The predicted octanol–water partition coefficient (Wildman–Crippen LogP) is 1.72. The largest absolute Gasteiger partial charge is 0.489 e. The smallest absolute Gasteiger partial charge is 0.270 e. The zero-order valence-electron chi connectivity index (χ0n) is 15.2. The number of nitrogens with one attached hydrogen (secondary N) is 1. The quantitative estimate of drug-likeness (QED) is 0.660. The van der Waals surface area contributed by atoms with E-state index < -0.39 is 5.91 Å². The summed E-state index contributed by atoms with van der Waals surface area (Å²) in [5.74, 6) is -0.221. The summed E-state index contributed by atoms with van der Waals surface area (Å²) in [7, 11) is 0. The molecule has 140 valence electrons. The number of nitrogens with two attached hydrogens (primary N) is 1. The number of rotatable bonds is 7. The molecule has 2 aromatic heterocycles. The second kappa shape index (κ2) is 7.86. The molecule has 0 radical (unpaired) electrons. The highest BCUT2D eigenvalue weighted by molar-refractivity contribution is 5.99. The van der Waals surface area contributed by atoms with E-state index in [9.17, 15) is 9.59 Å². The molecular formula is C19H21N5O3. The number of hydrogen-bond donors (Lipinski definition) is 2. The topological polar surface area (TPSA) is 112 Å². The van der Waals surface area contributed by atoms with Crippen molar-refractivity contribution < 1.29 is 14.3 Å². The Morgan fingerprint density at radius 2 is 2.15 bits per heavy atom. The van der Waals surface area contributed by atoms with Crippen LogP contribution in [0.4, 0.5) is 0 Å². The van der Waals surface area contributed by atoms with Crippen molar-refractivity contribution in [3.05, 3.63) is 59.5 Å². The molecule has 0 fully saturated rings. The number of primary amides is 1. The lowest BCUT2D eigenvalue weighted by atomic mass is 10.2. The molecule has 0 spiro atoms. The van der Waals surface area contributed by atoms with Crippen LogP contribution in [0, 0.1) is 6.92 Å². The Hall–Kier alpha value is -3.42. The van der Waals surface area contributed by atoms with Gasteiger partial charge in [0.1, 0.15) is 23.1 Å². The number of ether oxygens (including phenoxy) is 1. The van der Waals surface area contributed by atoms with Crippen molar-refractivity contribution in [3.8, 4) is 5.75 Å². The van der Waals surface area contributed by atoms with Gasteiger partial charge in [0.15, 0.2) is 5.65 Å². The third-order valence-electron chi connectivity index (χ3n) is 4.14. The lowest BCUT2D eigenvalue weighted by Gasteiger charge is -2.18. The second-order valence-corrected chi connectivity index (χ2v) is 6.16. The molecule has 0 aliphatic rings. The summed E-state index contributed by atoms with van der Waals surface area (Å²) >= 11 is 0. The molecule has 1 aromatic carbocycles. The van der Waals surface area contributed by atoms with Gasteiger partial charge < -0.3 is 15.8 Å². The molecule has 3 aromatic rings. The van der Waals surface area contributed by atoms with Gasteiger partial charge in [0.05, 0.1) is 12.7 Å². The van der Waals surface area contributed by atoms with Gasteiger partial charge in [0.25, 0.3) is 11.8 Å². The first kappa shape index (κ1) is 18.4. The van der Waals surface area contributed by atoms with Gasteiger partial charge in [0, 0.05) is 6.20 Å². The van der Waals surface area contributed by atoms with Gasteiger partial charge in [0.2, 0.25) is 0 Å². The molecule has 0 saturated heterocycles. The lowest BCUT2D eigenvalue weighted by Crippen LogP contribution is -2.36. The first-order valence-corrected chi connectivity index (χ1v) is 8.63. The molecule has 0 aliphatic heterocycles. The number of carbonyl (C=O) groups is 2. The first-order chi connectivity index (χ1) is 13.0. The van der Waals surface area contributed by atoms with E-state index >= 15 is 0 Å². The van der Waals surface area contributed by atoms with Crippen molar-refractivity contribution in [3.63, 3.8) is 0 Å². The van der Waals surface area contributed by atoms with E-state index in [1.807, 2.05) is 38.1 Å². The number of fused-ring (bicyclic) bond motifs is 1. The molecule has 1 unspecified atom stereocenters. The number of amides is 2. The van der Waals surface area contributed by atoms with Crippen molar-refractivity contribution >= 4 is 17.5 Å². The number of carbonyl (C=O) groups excluding carboxylic acids is 2. The highest BCUT2D eigenvalue weighted by atomic mass is 16.5. The van der Waals surface area contributed by atoms with Gasteiger partial charge in [-0.3, -0.25) is 9.59 Å². The zero-order valence-corrected chi connectivity index (χ0v) is 15.2. The van der Waals surface area contributed by atoms with Crippen LogP contribution in [0.1, 0.15) is 39.8 Å². The average molecular weight is 367 g/mol. The predicted molar refractivity (Wildman–Crippen MR) is 99.7 cm³/mol. The molecule has 3 rings (SSSR count). The van der Waals surface area contributed by atoms with E-state index in [1.165, 1.54) is 23.0 Å². The lowest BCUT2D eigenvalue weighted by molar-refractivity contribution is 0.0917. The molecule has 27 heavy (non-hydrogen) atoms. The monoisotopic (exact) mass is 367 g/mol. The number of benzene rings is 1. The maximum absolute atomic E-state index is 12.6. The molecule has 2 heterocycles. The number of nitrogens with zero attached hydrogens (tertiary/aromatic N) is 3. The summed E-state index contributed by atoms with van der Waals surface area (Å²) in [6.45, 7) is 4.32. The molecule has 0 aliphatic carbocycles. The molecule has 1 atom stereocenters. The Morgan fingerprint density at radius 3 is 2.85 bits per heavy atom. The Kier molecular flexibility index (Phi) is 5.35. The summed E-state index contributed by atoms with van der Waals surface area (Å²) < 4.78 is 7.25. The Bertz CT molecular complexity index is 982. The van der Waals surface area contributed by atoms with Crippen LogP contribution >= 0.6 is 0 Å². The fraction of sp³-hybridized carbons (Fsp3) is 0.263. The van der Waals surface area contributed by atoms with E-state index in [0.717, 1.165) is 17.7 Å². The zero-order chi connectivity index (χ0) is 19.4. The minimum atomic E-state index is -0.646. The first-order valence-electron chi connectivity index (χ1n) is 8.63. The third kappa shape index (κ3) is 4.05. The van der Waals surface area contributed by atoms with Gasteiger partial charge >= 0.3 is 0 Å². The van der Waals surface area contributed by atoms with Crippen LogP contribution in [0.3, 0.4) is 0 Å². The number of aromatic nitrogens is 3. The van der Waals surface area contributed by atoms with Gasteiger partial charge in [-0.25, -0.2) is 9.50 Å². The Balaban J connectivity index is 1.71.